The third-order valence-electron chi connectivity index (χ3n) is 3.76. The summed E-state index contributed by atoms with van der Waals surface area (Å²) in [4.78, 5) is 15.3. The number of amides is 2. The number of carbonyl (C=O) groups is 1. The molecule has 0 unspecified atom stereocenters. The van der Waals surface area contributed by atoms with Crippen molar-refractivity contribution >= 4 is 39.1 Å². The predicted molar refractivity (Wildman–Crippen MR) is 101 cm³/mol. The highest BCUT2D eigenvalue weighted by atomic mass is 32.1. The summed E-state index contributed by atoms with van der Waals surface area (Å²) in [7, 11) is 0. The van der Waals surface area contributed by atoms with Crippen LogP contribution < -0.4 is 10.6 Å². The van der Waals surface area contributed by atoms with E-state index in [0.29, 0.717) is 10.8 Å². The van der Waals surface area contributed by atoms with E-state index in [-0.39, 0.29) is 6.03 Å². The number of aromatic amines is 1. The molecule has 0 spiro atoms. The largest absolute Gasteiger partial charge is 0.361 e. The molecule has 7 heteroatoms. The van der Waals surface area contributed by atoms with Gasteiger partial charge in [-0.1, -0.05) is 47.2 Å². The van der Waals surface area contributed by atoms with Gasteiger partial charge in [0, 0.05) is 23.0 Å². The van der Waals surface area contributed by atoms with Crippen LogP contribution in [0.4, 0.5) is 15.6 Å². The second-order valence-electron chi connectivity index (χ2n) is 5.64. The molecule has 0 atom stereocenters. The first kappa shape index (κ1) is 15.3. The number of aromatic nitrogens is 3. The van der Waals surface area contributed by atoms with E-state index in [9.17, 15) is 4.79 Å². The second kappa shape index (κ2) is 6.37. The molecule has 0 saturated heterocycles. The summed E-state index contributed by atoms with van der Waals surface area (Å²) < 4.78 is 0. The van der Waals surface area contributed by atoms with Gasteiger partial charge in [-0.3, -0.25) is 5.32 Å². The van der Waals surface area contributed by atoms with Crippen LogP contribution in [-0.4, -0.2) is 21.2 Å². The third kappa shape index (κ3) is 3.36. The van der Waals surface area contributed by atoms with Crippen LogP contribution >= 0.6 is 11.3 Å². The molecule has 25 heavy (non-hydrogen) atoms. The van der Waals surface area contributed by atoms with Crippen LogP contribution in [0.2, 0.25) is 0 Å². The van der Waals surface area contributed by atoms with Gasteiger partial charge in [0.05, 0.1) is 0 Å². The number of rotatable bonds is 3. The van der Waals surface area contributed by atoms with Gasteiger partial charge in [-0.2, -0.15) is 0 Å². The molecule has 4 aromatic rings. The summed E-state index contributed by atoms with van der Waals surface area (Å²) in [6, 6.07) is 15.3. The van der Waals surface area contributed by atoms with E-state index in [1.165, 1.54) is 16.9 Å². The third-order valence-corrected chi connectivity index (χ3v) is 4.64. The van der Waals surface area contributed by atoms with Crippen molar-refractivity contribution in [3.63, 3.8) is 0 Å². The number of H-pyrrole nitrogens is 1. The van der Waals surface area contributed by atoms with E-state index < -0.39 is 0 Å². The van der Waals surface area contributed by atoms with Gasteiger partial charge >= 0.3 is 6.03 Å². The minimum Gasteiger partial charge on any atom is -0.361 e. The summed E-state index contributed by atoms with van der Waals surface area (Å²) in [6.45, 7) is 2.03. The van der Waals surface area contributed by atoms with Gasteiger partial charge in [-0.05, 0) is 30.5 Å². The van der Waals surface area contributed by atoms with E-state index in [2.05, 4.69) is 25.8 Å². The molecule has 0 bridgehead atoms. The van der Waals surface area contributed by atoms with Crippen LogP contribution in [-0.2, 0) is 0 Å². The molecular weight excluding hydrogens is 334 g/mol. The molecule has 2 amide bonds. The summed E-state index contributed by atoms with van der Waals surface area (Å²) in [5.74, 6) is 0. The second-order valence-corrected chi connectivity index (χ2v) is 6.61. The average molecular weight is 349 g/mol. The fourth-order valence-electron chi connectivity index (χ4n) is 2.47. The molecule has 3 N–H and O–H groups in total. The van der Waals surface area contributed by atoms with Crippen molar-refractivity contribution in [2.45, 2.75) is 6.92 Å². The smallest absolute Gasteiger partial charge is 0.325 e. The van der Waals surface area contributed by atoms with Gasteiger partial charge in [0.25, 0.3) is 0 Å². The number of aryl methyl sites for hydroxylation is 1. The van der Waals surface area contributed by atoms with E-state index in [0.717, 1.165) is 21.5 Å². The molecular formula is C18H15N5OS. The first-order chi connectivity index (χ1) is 12.2. The van der Waals surface area contributed by atoms with Crippen molar-refractivity contribution in [3.8, 4) is 10.6 Å². The predicted octanol–water partition coefficient (Wildman–Crippen LogP) is 4.64. The number of carbonyl (C=O) groups excluding carboxylic acids is 1. The van der Waals surface area contributed by atoms with E-state index >= 15 is 0 Å². The van der Waals surface area contributed by atoms with Gasteiger partial charge in [0.2, 0.25) is 5.13 Å². The molecule has 0 aliphatic heterocycles. The molecule has 0 radical (unpaired) electrons. The van der Waals surface area contributed by atoms with Gasteiger partial charge in [0.1, 0.15) is 5.01 Å². The van der Waals surface area contributed by atoms with Crippen molar-refractivity contribution in [1.29, 1.82) is 0 Å². The Hall–Kier alpha value is -3.19. The number of nitrogens with zero attached hydrogens (tertiary/aromatic N) is 2. The Morgan fingerprint density at radius 2 is 1.88 bits per heavy atom. The quantitative estimate of drug-likeness (QED) is 0.504. The van der Waals surface area contributed by atoms with Crippen LogP contribution in [0.5, 0.6) is 0 Å². The van der Waals surface area contributed by atoms with Gasteiger partial charge in [0.15, 0.2) is 0 Å². The maximum atomic E-state index is 12.2. The van der Waals surface area contributed by atoms with Crippen LogP contribution in [0.15, 0.2) is 54.7 Å². The highest BCUT2D eigenvalue weighted by Gasteiger charge is 2.10. The fourth-order valence-corrected chi connectivity index (χ4v) is 3.22. The van der Waals surface area contributed by atoms with E-state index in [4.69, 9.17) is 0 Å². The first-order valence-corrected chi connectivity index (χ1v) is 8.55. The SMILES string of the molecule is Cc1ccc(-c2nnc(NC(=O)Nc3ccc4cc[nH]c4c3)s2)cc1. The summed E-state index contributed by atoms with van der Waals surface area (Å²) >= 11 is 1.33. The van der Waals surface area contributed by atoms with E-state index in [1.807, 2.05) is 61.7 Å². The Labute approximate surface area is 147 Å². The van der Waals surface area contributed by atoms with Gasteiger partial charge in [-0.15, -0.1) is 10.2 Å². The lowest BCUT2D eigenvalue weighted by molar-refractivity contribution is 0.262. The minimum absolute atomic E-state index is 0.350. The topological polar surface area (TPSA) is 82.7 Å². The lowest BCUT2D eigenvalue weighted by atomic mass is 10.2. The molecule has 4 rings (SSSR count). The molecule has 0 saturated carbocycles. The molecule has 6 nitrogen and oxygen atoms in total. The standard InChI is InChI=1S/C18H15N5OS/c1-11-2-4-13(5-3-11)16-22-23-18(25-16)21-17(24)20-14-7-6-12-8-9-19-15(12)10-14/h2-10,19H,1H3,(H2,20,21,23,24). The molecule has 124 valence electrons. The van der Waals surface area contributed by atoms with Crippen LogP contribution in [0.25, 0.3) is 21.5 Å². The summed E-state index contributed by atoms with van der Waals surface area (Å²) in [5.41, 5.74) is 3.84. The van der Waals surface area contributed by atoms with Crippen LogP contribution in [0, 0.1) is 6.92 Å². The molecule has 0 aliphatic rings. The maximum Gasteiger partial charge on any atom is 0.325 e. The van der Waals surface area contributed by atoms with E-state index in [1.54, 1.807) is 0 Å². The van der Waals surface area contributed by atoms with Gasteiger partial charge < -0.3 is 10.3 Å². The van der Waals surface area contributed by atoms with Crippen molar-refractivity contribution in [2.24, 2.45) is 0 Å². The van der Waals surface area contributed by atoms with Crippen molar-refractivity contribution in [1.82, 2.24) is 15.2 Å². The van der Waals surface area contributed by atoms with Gasteiger partial charge in [-0.25, -0.2) is 4.79 Å². The maximum absolute atomic E-state index is 12.2. The van der Waals surface area contributed by atoms with Crippen LogP contribution in [0.1, 0.15) is 5.56 Å². The van der Waals surface area contributed by atoms with Crippen molar-refractivity contribution < 1.29 is 4.79 Å². The zero-order chi connectivity index (χ0) is 17.2. The Balaban J connectivity index is 1.44. The Morgan fingerprint density at radius 1 is 1.04 bits per heavy atom. The number of hydrogen-bond acceptors (Lipinski definition) is 4. The normalized spacial score (nSPS) is 10.8. The van der Waals surface area contributed by atoms with Crippen molar-refractivity contribution in [3.05, 3.63) is 60.3 Å². The Kier molecular flexibility index (Phi) is 3.91. The number of benzene rings is 2. The lowest BCUT2D eigenvalue weighted by Crippen LogP contribution is -2.19. The first-order valence-electron chi connectivity index (χ1n) is 7.73. The minimum atomic E-state index is -0.350. The number of fused-ring (bicyclic) bond motifs is 1. The highest BCUT2D eigenvalue weighted by Crippen LogP contribution is 2.26. The number of urea groups is 1. The zero-order valence-corrected chi connectivity index (χ0v) is 14.2. The Morgan fingerprint density at radius 3 is 2.72 bits per heavy atom. The number of hydrogen-bond donors (Lipinski definition) is 3. The number of nitrogens with one attached hydrogen (secondary N) is 3. The fraction of sp³-hybridized carbons (Fsp3) is 0.0556. The molecule has 2 heterocycles. The zero-order valence-electron chi connectivity index (χ0n) is 13.4. The molecule has 0 aliphatic carbocycles. The lowest BCUT2D eigenvalue weighted by Gasteiger charge is -2.05. The molecule has 2 aromatic carbocycles. The summed E-state index contributed by atoms with van der Waals surface area (Å²) in [5, 5.41) is 16.0. The van der Waals surface area contributed by atoms with Crippen LogP contribution in [0.3, 0.4) is 0 Å². The highest BCUT2D eigenvalue weighted by molar-refractivity contribution is 7.18. The Bertz CT molecular complexity index is 1040. The summed E-state index contributed by atoms with van der Waals surface area (Å²) in [6.07, 6.45) is 1.86. The monoisotopic (exact) mass is 349 g/mol. The average Bonchev–Trinajstić information content (AvgIpc) is 3.24. The van der Waals surface area contributed by atoms with Crippen molar-refractivity contribution in [2.75, 3.05) is 10.6 Å². The molecule has 0 fully saturated rings. The number of anilines is 2. The molecule has 2 aromatic heterocycles.